The van der Waals surface area contributed by atoms with Crippen LogP contribution in [0.1, 0.15) is 13.3 Å². The van der Waals surface area contributed by atoms with Gasteiger partial charge in [0, 0.05) is 39.6 Å². The SMILES string of the molecule is CNCC1CCN(CC(=O)N2CCN(C(C)=O)CC2)C1. The molecule has 1 N–H and O–H groups in total. The predicted octanol–water partition coefficient (Wildman–Crippen LogP) is -0.782. The van der Waals surface area contributed by atoms with E-state index in [4.69, 9.17) is 0 Å². The van der Waals surface area contributed by atoms with Crippen molar-refractivity contribution in [2.24, 2.45) is 5.92 Å². The molecule has 0 spiro atoms. The Bertz CT molecular complexity index is 353. The monoisotopic (exact) mass is 282 g/mol. The van der Waals surface area contributed by atoms with E-state index < -0.39 is 0 Å². The summed E-state index contributed by atoms with van der Waals surface area (Å²) in [7, 11) is 1.97. The van der Waals surface area contributed by atoms with Crippen LogP contribution in [0.4, 0.5) is 0 Å². The normalized spacial score (nSPS) is 24.2. The molecule has 0 aromatic carbocycles. The first kappa shape index (κ1) is 15.3. The van der Waals surface area contributed by atoms with Gasteiger partial charge in [-0.15, -0.1) is 0 Å². The van der Waals surface area contributed by atoms with Gasteiger partial charge in [0.25, 0.3) is 0 Å². The number of hydrogen-bond donors (Lipinski definition) is 1. The fourth-order valence-corrected chi connectivity index (χ4v) is 3.07. The molecule has 2 aliphatic heterocycles. The quantitative estimate of drug-likeness (QED) is 0.735. The molecule has 2 saturated heterocycles. The highest BCUT2D eigenvalue weighted by Gasteiger charge is 2.27. The zero-order valence-electron chi connectivity index (χ0n) is 12.6. The van der Waals surface area contributed by atoms with Crippen LogP contribution in [-0.2, 0) is 9.59 Å². The smallest absolute Gasteiger partial charge is 0.236 e. The molecular formula is C14H26N4O2. The van der Waals surface area contributed by atoms with Crippen LogP contribution in [0.3, 0.4) is 0 Å². The zero-order chi connectivity index (χ0) is 14.5. The van der Waals surface area contributed by atoms with Crippen molar-refractivity contribution in [3.05, 3.63) is 0 Å². The van der Waals surface area contributed by atoms with Gasteiger partial charge in [-0.25, -0.2) is 0 Å². The van der Waals surface area contributed by atoms with E-state index >= 15 is 0 Å². The molecule has 0 aliphatic carbocycles. The summed E-state index contributed by atoms with van der Waals surface area (Å²) in [5.41, 5.74) is 0. The summed E-state index contributed by atoms with van der Waals surface area (Å²) in [6, 6.07) is 0. The average Bonchev–Trinajstić information content (AvgIpc) is 2.86. The van der Waals surface area contributed by atoms with Crippen LogP contribution in [0.25, 0.3) is 0 Å². The highest BCUT2D eigenvalue weighted by atomic mass is 16.2. The second-order valence-electron chi connectivity index (χ2n) is 5.83. The number of carbonyl (C=O) groups excluding carboxylic acids is 2. The van der Waals surface area contributed by atoms with Crippen molar-refractivity contribution in [3.63, 3.8) is 0 Å². The van der Waals surface area contributed by atoms with Crippen molar-refractivity contribution < 1.29 is 9.59 Å². The summed E-state index contributed by atoms with van der Waals surface area (Å²) < 4.78 is 0. The minimum Gasteiger partial charge on any atom is -0.339 e. The number of piperazine rings is 1. The van der Waals surface area contributed by atoms with Crippen LogP contribution in [0.15, 0.2) is 0 Å². The molecular weight excluding hydrogens is 256 g/mol. The molecule has 20 heavy (non-hydrogen) atoms. The number of hydrogen-bond acceptors (Lipinski definition) is 4. The Balaban J connectivity index is 1.72. The maximum absolute atomic E-state index is 12.3. The molecule has 6 heteroatoms. The third-order valence-corrected chi connectivity index (χ3v) is 4.30. The van der Waals surface area contributed by atoms with E-state index in [0.717, 1.165) is 19.6 Å². The van der Waals surface area contributed by atoms with Gasteiger partial charge < -0.3 is 15.1 Å². The van der Waals surface area contributed by atoms with Crippen LogP contribution in [-0.4, -0.2) is 85.9 Å². The Labute approximate surface area is 121 Å². The van der Waals surface area contributed by atoms with Crippen molar-refractivity contribution in [1.29, 1.82) is 0 Å². The topological polar surface area (TPSA) is 55.9 Å². The third kappa shape index (κ3) is 3.93. The van der Waals surface area contributed by atoms with Crippen molar-refractivity contribution in [3.8, 4) is 0 Å². The molecule has 0 radical (unpaired) electrons. The Morgan fingerprint density at radius 3 is 2.35 bits per heavy atom. The number of likely N-dealkylation sites (tertiary alicyclic amines) is 1. The van der Waals surface area contributed by atoms with Gasteiger partial charge >= 0.3 is 0 Å². The second-order valence-corrected chi connectivity index (χ2v) is 5.83. The maximum atomic E-state index is 12.3. The first-order valence-electron chi connectivity index (χ1n) is 7.50. The van der Waals surface area contributed by atoms with Gasteiger partial charge in [-0.05, 0) is 32.5 Å². The highest BCUT2D eigenvalue weighted by molar-refractivity contribution is 5.79. The van der Waals surface area contributed by atoms with E-state index in [0.29, 0.717) is 38.6 Å². The first-order valence-corrected chi connectivity index (χ1v) is 7.50. The van der Waals surface area contributed by atoms with Gasteiger partial charge in [0.05, 0.1) is 6.54 Å². The van der Waals surface area contributed by atoms with Gasteiger partial charge in [-0.3, -0.25) is 14.5 Å². The van der Waals surface area contributed by atoms with E-state index in [2.05, 4.69) is 10.2 Å². The Hall–Kier alpha value is -1.14. The van der Waals surface area contributed by atoms with Gasteiger partial charge in [0.2, 0.25) is 11.8 Å². The second kappa shape index (κ2) is 7.04. The lowest BCUT2D eigenvalue weighted by Gasteiger charge is -2.35. The van der Waals surface area contributed by atoms with Crippen molar-refractivity contribution in [2.45, 2.75) is 13.3 Å². The third-order valence-electron chi connectivity index (χ3n) is 4.30. The molecule has 2 fully saturated rings. The molecule has 114 valence electrons. The lowest BCUT2D eigenvalue weighted by molar-refractivity contribution is -0.139. The predicted molar refractivity (Wildman–Crippen MR) is 77.3 cm³/mol. The van der Waals surface area contributed by atoms with E-state index in [9.17, 15) is 9.59 Å². The molecule has 2 rings (SSSR count). The summed E-state index contributed by atoms with van der Waals surface area (Å²) in [6.45, 7) is 7.86. The number of carbonyl (C=O) groups is 2. The molecule has 0 bridgehead atoms. The van der Waals surface area contributed by atoms with Crippen LogP contribution in [0.2, 0.25) is 0 Å². The summed E-state index contributed by atoms with van der Waals surface area (Å²) >= 11 is 0. The summed E-state index contributed by atoms with van der Waals surface area (Å²) in [5.74, 6) is 0.979. The minimum atomic E-state index is 0.103. The molecule has 0 aromatic heterocycles. The maximum Gasteiger partial charge on any atom is 0.236 e. The molecule has 2 amide bonds. The van der Waals surface area contributed by atoms with E-state index in [-0.39, 0.29) is 11.8 Å². The van der Waals surface area contributed by atoms with E-state index in [1.165, 1.54) is 6.42 Å². The van der Waals surface area contributed by atoms with Crippen molar-refractivity contribution in [2.75, 3.05) is 59.4 Å². The number of nitrogens with one attached hydrogen (secondary N) is 1. The molecule has 1 unspecified atom stereocenters. The summed E-state index contributed by atoms with van der Waals surface area (Å²) in [6.07, 6.45) is 1.17. The Morgan fingerprint density at radius 2 is 1.75 bits per heavy atom. The zero-order valence-corrected chi connectivity index (χ0v) is 12.6. The molecule has 2 aliphatic rings. The lowest BCUT2D eigenvalue weighted by Crippen LogP contribution is -2.52. The minimum absolute atomic E-state index is 0.103. The first-order chi connectivity index (χ1) is 9.60. The van der Waals surface area contributed by atoms with E-state index in [1.54, 1.807) is 6.92 Å². The number of nitrogens with zero attached hydrogens (tertiary/aromatic N) is 3. The largest absolute Gasteiger partial charge is 0.339 e. The van der Waals surface area contributed by atoms with Crippen LogP contribution in [0, 0.1) is 5.92 Å². The molecule has 1 atom stereocenters. The summed E-state index contributed by atoms with van der Waals surface area (Å²) in [5, 5.41) is 3.20. The van der Waals surface area contributed by atoms with Gasteiger partial charge in [-0.2, -0.15) is 0 Å². The van der Waals surface area contributed by atoms with Gasteiger partial charge in [0.1, 0.15) is 0 Å². The molecule has 2 heterocycles. The molecule has 0 saturated carbocycles. The Morgan fingerprint density at radius 1 is 1.10 bits per heavy atom. The number of amides is 2. The standard InChI is InChI=1S/C14H26N4O2/c1-12(19)17-5-7-18(8-6-17)14(20)11-16-4-3-13(10-16)9-15-2/h13,15H,3-11H2,1-2H3. The Kier molecular flexibility index (Phi) is 5.37. The fourth-order valence-electron chi connectivity index (χ4n) is 3.07. The lowest BCUT2D eigenvalue weighted by atomic mass is 10.1. The van der Waals surface area contributed by atoms with E-state index in [1.807, 2.05) is 16.8 Å². The molecule has 6 nitrogen and oxygen atoms in total. The van der Waals surface area contributed by atoms with Crippen LogP contribution >= 0.6 is 0 Å². The average molecular weight is 282 g/mol. The van der Waals surface area contributed by atoms with Gasteiger partial charge in [0.15, 0.2) is 0 Å². The van der Waals surface area contributed by atoms with Crippen molar-refractivity contribution in [1.82, 2.24) is 20.0 Å². The van der Waals surface area contributed by atoms with Crippen molar-refractivity contribution >= 4 is 11.8 Å². The fraction of sp³-hybridized carbons (Fsp3) is 0.857. The summed E-state index contributed by atoms with van der Waals surface area (Å²) in [4.78, 5) is 29.5. The van der Waals surface area contributed by atoms with Crippen LogP contribution < -0.4 is 5.32 Å². The van der Waals surface area contributed by atoms with Crippen LogP contribution in [0.5, 0.6) is 0 Å². The number of rotatable bonds is 4. The highest BCUT2D eigenvalue weighted by Crippen LogP contribution is 2.15. The molecule has 0 aromatic rings. The van der Waals surface area contributed by atoms with Gasteiger partial charge in [-0.1, -0.05) is 0 Å².